The summed E-state index contributed by atoms with van der Waals surface area (Å²) in [6.07, 6.45) is -0.355. The monoisotopic (exact) mass is 443 g/mol. The number of benzene rings is 3. The van der Waals surface area contributed by atoms with Crippen molar-refractivity contribution in [2.24, 2.45) is 0 Å². The summed E-state index contributed by atoms with van der Waals surface area (Å²) in [6, 6.07) is 20.0. The van der Waals surface area contributed by atoms with Crippen LogP contribution in [-0.4, -0.2) is 55.2 Å². The van der Waals surface area contributed by atoms with Gasteiger partial charge in [-0.3, -0.25) is 4.90 Å². The number of aliphatic hydroxyl groups is 1. The lowest BCUT2D eigenvalue weighted by Crippen LogP contribution is -2.42. The summed E-state index contributed by atoms with van der Waals surface area (Å²) >= 11 is 0. The molecule has 2 atom stereocenters. The smallest absolute Gasteiger partial charge is 0.165 e. The van der Waals surface area contributed by atoms with E-state index in [0.717, 1.165) is 16.3 Å². The molecule has 1 heterocycles. The molecule has 0 aliphatic carbocycles. The van der Waals surface area contributed by atoms with Gasteiger partial charge in [0.1, 0.15) is 12.7 Å². The molecular weight excluding hydrogens is 417 g/mol. The first-order valence-electron chi connectivity index (χ1n) is 10.4. The molecule has 0 radical (unpaired) electrons. The molecule has 0 spiro atoms. The molecule has 0 aromatic heterocycles. The predicted octanol–water partition coefficient (Wildman–Crippen LogP) is 3.41. The number of fused-ring (bicyclic) bond motifs is 1. The van der Waals surface area contributed by atoms with Crippen molar-refractivity contribution in [3.63, 3.8) is 0 Å². The van der Waals surface area contributed by atoms with Crippen LogP contribution in [0.3, 0.4) is 0 Å². The van der Waals surface area contributed by atoms with Gasteiger partial charge in [0.05, 0.1) is 11.5 Å². The van der Waals surface area contributed by atoms with Gasteiger partial charge in [-0.25, -0.2) is 12.8 Å². The van der Waals surface area contributed by atoms with Crippen LogP contribution in [-0.2, 0) is 16.4 Å². The maximum absolute atomic E-state index is 13.8. The molecular formula is C24H26FNO4S. The molecule has 0 amide bonds. The molecule has 5 nitrogen and oxygen atoms in total. The fraction of sp³-hybridized carbons (Fsp3) is 0.333. The summed E-state index contributed by atoms with van der Waals surface area (Å²) < 4.78 is 43.4. The molecule has 3 aromatic carbocycles. The van der Waals surface area contributed by atoms with Crippen LogP contribution in [0.15, 0.2) is 66.7 Å². The number of nitrogens with zero attached hydrogens (tertiary/aromatic N) is 1. The topological polar surface area (TPSA) is 66.8 Å². The zero-order valence-electron chi connectivity index (χ0n) is 17.2. The first-order valence-corrected chi connectivity index (χ1v) is 12.2. The molecule has 4 rings (SSSR count). The predicted molar refractivity (Wildman–Crippen MR) is 119 cm³/mol. The van der Waals surface area contributed by atoms with Gasteiger partial charge in [0.15, 0.2) is 21.4 Å². The Balaban J connectivity index is 1.51. The molecule has 3 aromatic rings. The van der Waals surface area contributed by atoms with E-state index in [1.807, 2.05) is 47.4 Å². The number of aliphatic hydroxyl groups excluding tert-OH is 1. The van der Waals surface area contributed by atoms with Gasteiger partial charge in [0, 0.05) is 19.1 Å². The van der Waals surface area contributed by atoms with Crippen molar-refractivity contribution in [3.8, 4) is 5.75 Å². The highest BCUT2D eigenvalue weighted by atomic mass is 32.2. The number of rotatable bonds is 8. The largest absolute Gasteiger partial charge is 0.488 e. The summed E-state index contributed by atoms with van der Waals surface area (Å²) in [5, 5.41) is 12.8. The third kappa shape index (κ3) is 5.42. The lowest BCUT2D eigenvalue weighted by Gasteiger charge is -2.30. The van der Waals surface area contributed by atoms with E-state index in [-0.39, 0.29) is 36.4 Å². The minimum Gasteiger partial charge on any atom is -0.488 e. The van der Waals surface area contributed by atoms with Gasteiger partial charge in [-0.1, -0.05) is 54.6 Å². The van der Waals surface area contributed by atoms with E-state index in [4.69, 9.17) is 4.74 Å². The quantitative estimate of drug-likeness (QED) is 0.578. The first kappa shape index (κ1) is 21.7. The summed E-state index contributed by atoms with van der Waals surface area (Å²) in [5.74, 6) is -0.153. The van der Waals surface area contributed by atoms with Crippen LogP contribution < -0.4 is 4.74 Å². The summed E-state index contributed by atoms with van der Waals surface area (Å²) in [5.41, 5.74) is 1.07. The summed E-state index contributed by atoms with van der Waals surface area (Å²) in [7, 11) is -3.08. The minimum atomic E-state index is -3.08. The molecule has 164 valence electrons. The average Bonchev–Trinajstić information content (AvgIpc) is 3.12. The van der Waals surface area contributed by atoms with Gasteiger partial charge in [0.25, 0.3) is 0 Å². The van der Waals surface area contributed by atoms with Gasteiger partial charge >= 0.3 is 0 Å². The molecule has 2 unspecified atom stereocenters. The summed E-state index contributed by atoms with van der Waals surface area (Å²) in [4.78, 5) is 2.02. The van der Waals surface area contributed by atoms with E-state index in [2.05, 4.69) is 0 Å². The second-order valence-electron chi connectivity index (χ2n) is 8.02. The highest BCUT2D eigenvalue weighted by molar-refractivity contribution is 7.91. The standard InChI is InChI=1S/C24H26FNO4S/c25-23-10-3-4-11-24(23)30-16-21(27)15-26(20-12-13-31(28,29)17-20)14-19-8-5-7-18-6-1-2-9-22(18)19/h1-11,20-21,27H,12-17H2. The Morgan fingerprint density at radius 3 is 2.58 bits per heavy atom. The molecule has 1 fully saturated rings. The Morgan fingerprint density at radius 2 is 1.81 bits per heavy atom. The average molecular weight is 444 g/mol. The number of hydrogen-bond acceptors (Lipinski definition) is 5. The number of hydrogen-bond donors (Lipinski definition) is 1. The third-order valence-electron chi connectivity index (χ3n) is 5.69. The van der Waals surface area contributed by atoms with Crippen LogP contribution in [0.25, 0.3) is 10.8 Å². The van der Waals surface area contributed by atoms with Gasteiger partial charge in [-0.05, 0) is 34.9 Å². The zero-order chi connectivity index (χ0) is 21.8. The highest BCUT2D eigenvalue weighted by Crippen LogP contribution is 2.25. The van der Waals surface area contributed by atoms with Crippen molar-refractivity contribution in [2.45, 2.75) is 25.1 Å². The molecule has 0 bridgehead atoms. The van der Waals surface area contributed by atoms with Gasteiger partial charge in [-0.2, -0.15) is 0 Å². The van der Waals surface area contributed by atoms with E-state index in [9.17, 15) is 17.9 Å². The van der Waals surface area contributed by atoms with E-state index in [1.165, 1.54) is 12.1 Å². The van der Waals surface area contributed by atoms with Gasteiger partial charge in [-0.15, -0.1) is 0 Å². The SMILES string of the molecule is O=S1(=O)CCC(N(Cc2cccc3ccccc23)CC(O)COc2ccccc2F)C1. The molecule has 1 saturated heterocycles. The van der Waals surface area contributed by atoms with Crippen LogP contribution in [0.4, 0.5) is 4.39 Å². The van der Waals surface area contributed by atoms with Crippen LogP contribution in [0.1, 0.15) is 12.0 Å². The van der Waals surface area contributed by atoms with E-state index in [1.54, 1.807) is 12.1 Å². The molecule has 1 N–H and O–H groups in total. The second-order valence-corrected chi connectivity index (χ2v) is 10.2. The lowest BCUT2D eigenvalue weighted by molar-refractivity contribution is 0.0515. The fourth-order valence-electron chi connectivity index (χ4n) is 4.13. The second kappa shape index (κ2) is 9.34. The molecule has 1 aliphatic rings. The van der Waals surface area contributed by atoms with Crippen molar-refractivity contribution in [3.05, 3.63) is 78.1 Å². The van der Waals surface area contributed by atoms with E-state index >= 15 is 0 Å². The van der Waals surface area contributed by atoms with Gasteiger partial charge < -0.3 is 9.84 Å². The minimum absolute atomic E-state index is 0.0769. The number of sulfone groups is 1. The van der Waals surface area contributed by atoms with E-state index < -0.39 is 21.8 Å². The van der Waals surface area contributed by atoms with Crippen molar-refractivity contribution in [2.75, 3.05) is 24.7 Å². The Hall–Kier alpha value is -2.48. The van der Waals surface area contributed by atoms with Crippen LogP contribution in [0.5, 0.6) is 5.75 Å². The normalized spacial score (nSPS) is 19.0. The maximum atomic E-state index is 13.8. The lowest BCUT2D eigenvalue weighted by atomic mass is 10.0. The van der Waals surface area contributed by atoms with Gasteiger partial charge in [0.2, 0.25) is 0 Å². The summed E-state index contributed by atoms with van der Waals surface area (Å²) in [6.45, 7) is 0.669. The Kier molecular flexibility index (Phi) is 6.55. The zero-order valence-corrected chi connectivity index (χ0v) is 18.0. The third-order valence-corrected chi connectivity index (χ3v) is 7.44. The van der Waals surface area contributed by atoms with Crippen LogP contribution >= 0.6 is 0 Å². The molecule has 0 saturated carbocycles. The van der Waals surface area contributed by atoms with Crippen molar-refractivity contribution in [1.29, 1.82) is 0 Å². The number of halogens is 1. The van der Waals surface area contributed by atoms with Crippen LogP contribution in [0.2, 0.25) is 0 Å². The van der Waals surface area contributed by atoms with Crippen molar-refractivity contribution in [1.82, 2.24) is 4.90 Å². The Bertz CT molecular complexity index is 1150. The fourth-order valence-corrected chi connectivity index (χ4v) is 5.89. The molecule has 7 heteroatoms. The molecule has 31 heavy (non-hydrogen) atoms. The Morgan fingerprint density at radius 1 is 1.06 bits per heavy atom. The van der Waals surface area contributed by atoms with Crippen LogP contribution in [0, 0.1) is 5.82 Å². The Labute approximate surface area is 182 Å². The maximum Gasteiger partial charge on any atom is 0.165 e. The van der Waals surface area contributed by atoms with Crippen molar-refractivity contribution < 1.29 is 22.7 Å². The molecule has 1 aliphatic heterocycles. The first-order chi connectivity index (χ1) is 14.9. The number of para-hydroxylation sites is 1. The van der Waals surface area contributed by atoms with E-state index in [0.29, 0.717) is 13.0 Å². The van der Waals surface area contributed by atoms with Crippen molar-refractivity contribution >= 4 is 20.6 Å². The highest BCUT2D eigenvalue weighted by Gasteiger charge is 2.33. The number of ether oxygens (including phenoxy) is 1.